The van der Waals surface area contributed by atoms with Crippen LogP contribution in [-0.2, 0) is 12.8 Å². The summed E-state index contributed by atoms with van der Waals surface area (Å²) >= 11 is 1.88. The average Bonchev–Trinajstić information content (AvgIpc) is 3.74. The van der Waals surface area contributed by atoms with Crippen molar-refractivity contribution in [3.63, 3.8) is 0 Å². The van der Waals surface area contributed by atoms with E-state index in [1.165, 1.54) is 120 Å². The number of nitrogens with zero attached hydrogens (tertiary/aromatic N) is 2. The summed E-state index contributed by atoms with van der Waals surface area (Å²) in [4.78, 5) is 4.97. The van der Waals surface area contributed by atoms with Gasteiger partial charge < -0.3 is 9.80 Å². The summed E-state index contributed by atoms with van der Waals surface area (Å²) in [6.07, 6.45) is 1.84. The molecule has 14 rings (SSSR count). The molecule has 3 heteroatoms. The SMILES string of the molecule is c1ccc2c(c1)Cc1ccccc1N2c1ccc2c(-c3ccc4sc5ccccc5c4c3)c3cc(N4c5ccccc5Cc5ccccc54)ccc3c(-c3ccc4ccccc4c3)c2c1. The highest BCUT2D eigenvalue weighted by Crippen LogP contribution is 2.52. The molecule has 1 aromatic heterocycles. The van der Waals surface area contributed by atoms with Crippen LogP contribution in [0.25, 0.3) is 74.7 Å². The van der Waals surface area contributed by atoms with Gasteiger partial charge in [0.25, 0.3) is 0 Å². The molecule has 0 saturated heterocycles. The first-order valence-electron chi connectivity index (χ1n) is 22.6. The Morgan fingerprint density at radius 2 is 0.738 bits per heavy atom. The lowest BCUT2D eigenvalue weighted by atomic mass is 9.84. The number of hydrogen-bond donors (Lipinski definition) is 0. The van der Waals surface area contributed by atoms with Gasteiger partial charge in [0.2, 0.25) is 0 Å². The molecule has 0 bridgehead atoms. The normalized spacial score (nSPS) is 13.0. The zero-order valence-electron chi connectivity index (χ0n) is 35.5. The van der Waals surface area contributed by atoms with Crippen molar-refractivity contribution >= 4 is 98.0 Å². The monoisotopic (exact) mass is 844 g/mol. The molecular weight excluding hydrogens is 805 g/mol. The molecule has 0 aliphatic carbocycles. The smallest absolute Gasteiger partial charge is 0.0497 e. The van der Waals surface area contributed by atoms with Gasteiger partial charge in [-0.2, -0.15) is 0 Å². The highest BCUT2D eigenvalue weighted by molar-refractivity contribution is 7.25. The molecule has 304 valence electrons. The van der Waals surface area contributed by atoms with Crippen molar-refractivity contribution in [3.05, 3.63) is 241 Å². The summed E-state index contributed by atoms with van der Waals surface area (Å²) in [6.45, 7) is 0. The maximum absolute atomic E-state index is 2.49. The molecule has 2 nitrogen and oxygen atoms in total. The van der Waals surface area contributed by atoms with Gasteiger partial charge in [0, 0.05) is 67.1 Å². The topological polar surface area (TPSA) is 6.48 Å². The number of thiophene rings is 1. The van der Waals surface area contributed by atoms with E-state index in [4.69, 9.17) is 0 Å². The van der Waals surface area contributed by atoms with Crippen molar-refractivity contribution in [3.8, 4) is 22.3 Å². The predicted octanol–water partition coefficient (Wildman–Crippen LogP) is 17.6. The number of para-hydroxylation sites is 4. The van der Waals surface area contributed by atoms with E-state index in [2.05, 4.69) is 228 Å². The molecule has 3 heterocycles. The van der Waals surface area contributed by atoms with Gasteiger partial charge in [-0.05, 0) is 150 Å². The van der Waals surface area contributed by atoms with E-state index in [1.807, 2.05) is 11.3 Å². The van der Waals surface area contributed by atoms with E-state index in [0.29, 0.717) is 0 Å². The van der Waals surface area contributed by atoms with Gasteiger partial charge in [-0.3, -0.25) is 0 Å². The number of hydrogen-bond acceptors (Lipinski definition) is 3. The van der Waals surface area contributed by atoms with Crippen molar-refractivity contribution in [2.45, 2.75) is 12.8 Å². The molecule has 11 aromatic carbocycles. The van der Waals surface area contributed by atoms with Crippen LogP contribution in [0.3, 0.4) is 0 Å². The first kappa shape index (κ1) is 36.5. The average molecular weight is 845 g/mol. The second-order valence-electron chi connectivity index (χ2n) is 17.6. The molecule has 12 aromatic rings. The zero-order valence-corrected chi connectivity index (χ0v) is 36.3. The Kier molecular flexibility index (Phi) is 8.01. The third-order valence-electron chi connectivity index (χ3n) is 14.0. The molecule has 0 amide bonds. The van der Waals surface area contributed by atoms with E-state index in [-0.39, 0.29) is 0 Å². The highest BCUT2D eigenvalue weighted by Gasteiger charge is 2.28. The summed E-state index contributed by atoms with van der Waals surface area (Å²) in [5, 5.41) is 10.0. The summed E-state index contributed by atoms with van der Waals surface area (Å²) in [5.41, 5.74) is 17.5. The Balaban J connectivity index is 1.11. The van der Waals surface area contributed by atoms with Gasteiger partial charge >= 0.3 is 0 Å². The van der Waals surface area contributed by atoms with E-state index < -0.39 is 0 Å². The first-order valence-corrected chi connectivity index (χ1v) is 23.4. The zero-order chi connectivity index (χ0) is 42.6. The first-order chi connectivity index (χ1) is 32.2. The van der Waals surface area contributed by atoms with E-state index in [9.17, 15) is 0 Å². The molecule has 0 N–H and O–H groups in total. The fourth-order valence-electron chi connectivity index (χ4n) is 11.1. The lowest BCUT2D eigenvalue weighted by molar-refractivity contribution is 1.09. The van der Waals surface area contributed by atoms with Gasteiger partial charge in [0.1, 0.15) is 0 Å². The Bertz CT molecular complexity index is 3840. The molecule has 0 fully saturated rings. The number of fused-ring (bicyclic) bond motifs is 10. The van der Waals surface area contributed by atoms with Crippen molar-refractivity contribution in [2.24, 2.45) is 0 Å². The number of anilines is 6. The van der Waals surface area contributed by atoms with Crippen LogP contribution >= 0.6 is 11.3 Å². The van der Waals surface area contributed by atoms with Crippen molar-refractivity contribution in [2.75, 3.05) is 9.80 Å². The van der Waals surface area contributed by atoms with Crippen molar-refractivity contribution in [1.29, 1.82) is 0 Å². The van der Waals surface area contributed by atoms with Crippen LogP contribution in [-0.4, -0.2) is 0 Å². The molecule has 2 aliphatic heterocycles. The van der Waals surface area contributed by atoms with Gasteiger partial charge in [-0.15, -0.1) is 11.3 Å². The Morgan fingerprint density at radius 3 is 1.31 bits per heavy atom. The molecule has 0 saturated carbocycles. The molecule has 0 radical (unpaired) electrons. The largest absolute Gasteiger partial charge is 0.310 e. The fraction of sp³-hybridized carbons (Fsp3) is 0.0323. The Labute approximate surface area is 381 Å². The van der Waals surface area contributed by atoms with Crippen LogP contribution in [0.5, 0.6) is 0 Å². The standard InChI is InChI=1S/C62H40N2S/c1-2-14-40-33-45(26-25-39(40)13-1)61-50-30-28-48(64-57-22-10-5-17-43(57)35-44-18-6-11-23-58(44)64)38-54(50)62(46-27-32-60-52(36-46)49-19-7-12-24-59(49)65-60)51-31-29-47(37-53(51)61)63-55-20-8-3-15-41(55)34-42-16-4-9-21-56(42)63/h1-33,36-38H,34-35H2. The third-order valence-corrected chi connectivity index (χ3v) is 15.1. The highest BCUT2D eigenvalue weighted by atomic mass is 32.1. The molecule has 0 unspecified atom stereocenters. The summed E-state index contributed by atoms with van der Waals surface area (Å²) in [5.74, 6) is 0. The lowest BCUT2D eigenvalue weighted by Gasteiger charge is -2.34. The number of rotatable bonds is 4. The second-order valence-corrected chi connectivity index (χ2v) is 18.7. The molecular formula is C62H40N2S. The van der Waals surface area contributed by atoms with Gasteiger partial charge in [0.15, 0.2) is 0 Å². The minimum Gasteiger partial charge on any atom is -0.310 e. The predicted molar refractivity (Wildman–Crippen MR) is 278 cm³/mol. The fourth-order valence-corrected chi connectivity index (χ4v) is 12.2. The molecule has 65 heavy (non-hydrogen) atoms. The van der Waals surface area contributed by atoms with Crippen LogP contribution in [0.4, 0.5) is 34.1 Å². The summed E-state index contributed by atoms with van der Waals surface area (Å²) < 4.78 is 2.63. The van der Waals surface area contributed by atoms with Gasteiger partial charge in [-0.25, -0.2) is 0 Å². The maximum atomic E-state index is 2.49. The van der Waals surface area contributed by atoms with E-state index in [0.717, 1.165) is 24.2 Å². The quantitative estimate of drug-likeness (QED) is 0.163. The van der Waals surface area contributed by atoms with E-state index >= 15 is 0 Å². The molecule has 0 spiro atoms. The van der Waals surface area contributed by atoms with E-state index in [1.54, 1.807) is 0 Å². The van der Waals surface area contributed by atoms with Crippen LogP contribution in [0.1, 0.15) is 22.3 Å². The van der Waals surface area contributed by atoms with Crippen molar-refractivity contribution in [1.82, 2.24) is 0 Å². The Hall–Kier alpha value is -7.98. The van der Waals surface area contributed by atoms with Crippen LogP contribution in [0.2, 0.25) is 0 Å². The van der Waals surface area contributed by atoms with Crippen LogP contribution in [0, 0.1) is 0 Å². The lowest BCUT2D eigenvalue weighted by Crippen LogP contribution is -2.18. The second kappa shape index (κ2) is 14.3. The van der Waals surface area contributed by atoms with Crippen LogP contribution < -0.4 is 9.80 Å². The molecule has 0 atom stereocenters. The van der Waals surface area contributed by atoms with Gasteiger partial charge in [0.05, 0.1) is 0 Å². The maximum Gasteiger partial charge on any atom is 0.0497 e. The van der Waals surface area contributed by atoms with Crippen molar-refractivity contribution < 1.29 is 0 Å². The third kappa shape index (κ3) is 5.66. The Morgan fingerprint density at radius 1 is 0.292 bits per heavy atom. The van der Waals surface area contributed by atoms with Crippen LogP contribution in [0.15, 0.2) is 218 Å². The summed E-state index contributed by atoms with van der Waals surface area (Å²) in [7, 11) is 0. The number of benzene rings is 11. The minimum atomic E-state index is 0.918. The minimum absolute atomic E-state index is 0.918. The van der Waals surface area contributed by atoms with Gasteiger partial charge in [-0.1, -0.05) is 146 Å². The molecule has 2 aliphatic rings. The summed E-state index contributed by atoms with van der Waals surface area (Å²) in [6, 6.07) is 82.0.